The second kappa shape index (κ2) is 7.81. The van der Waals surface area contributed by atoms with Gasteiger partial charge in [0.15, 0.2) is 0 Å². The van der Waals surface area contributed by atoms with Gasteiger partial charge in [-0.1, -0.05) is 0 Å². The lowest BCUT2D eigenvalue weighted by molar-refractivity contribution is 0.0648. The standard InChI is InChI=1S/C17H24O5/c18-10-13-5-6-14(21-11-15-3-1-7-19-15)9-17(13)22-12-16-4-2-8-20-16/h5-6,9,15-16,18H,1-4,7-8,10-12H2. The van der Waals surface area contributed by atoms with E-state index < -0.39 is 0 Å². The zero-order valence-corrected chi connectivity index (χ0v) is 12.8. The average molecular weight is 308 g/mol. The zero-order chi connectivity index (χ0) is 15.2. The maximum atomic E-state index is 9.43. The predicted molar refractivity (Wildman–Crippen MR) is 81.3 cm³/mol. The molecular weight excluding hydrogens is 284 g/mol. The Morgan fingerprint density at radius 2 is 1.68 bits per heavy atom. The summed E-state index contributed by atoms with van der Waals surface area (Å²) in [5.41, 5.74) is 0.766. The van der Waals surface area contributed by atoms with Crippen LogP contribution >= 0.6 is 0 Å². The predicted octanol–water partition coefficient (Wildman–Crippen LogP) is 2.29. The first-order valence-corrected chi connectivity index (χ1v) is 8.08. The lowest BCUT2D eigenvalue weighted by Gasteiger charge is -2.16. The smallest absolute Gasteiger partial charge is 0.128 e. The van der Waals surface area contributed by atoms with Gasteiger partial charge in [-0.2, -0.15) is 0 Å². The molecule has 122 valence electrons. The van der Waals surface area contributed by atoms with Crippen LogP contribution < -0.4 is 9.47 Å². The first kappa shape index (κ1) is 15.6. The van der Waals surface area contributed by atoms with Gasteiger partial charge in [-0.15, -0.1) is 0 Å². The summed E-state index contributed by atoms with van der Waals surface area (Å²) in [5, 5.41) is 9.43. The van der Waals surface area contributed by atoms with E-state index in [9.17, 15) is 5.11 Å². The Balaban J connectivity index is 1.57. The molecule has 1 N–H and O–H groups in total. The van der Waals surface area contributed by atoms with Crippen LogP contribution in [0, 0.1) is 0 Å². The van der Waals surface area contributed by atoms with Crippen LogP contribution in [0.1, 0.15) is 31.2 Å². The molecule has 2 aliphatic rings. The van der Waals surface area contributed by atoms with Crippen molar-refractivity contribution in [2.24, 2.45) is 0 Å². The van der Waals surface area contributed by atoms with Gasteiger partial charge in [0.2, 0.25) is 0 Å². The third kappa shape index (κ3) is 4.12. The Bertz CT molecular complexity index is 464. The van der Waals surface area contributed by atoms with Crippen molar-refractivity contribution >= 4 is 0 Å². The van der Waals surface area contributed by atoms with Crippen LogP contribution in [0.3, 0.4) is 0 Å². The minimum atomic E-state index is -0.0487. The summed E-state index contributed by atoms with van der Waals surface area (Å²) in [6.07, 6.45) is 4.62. The van der Waals surface area contributed by atoms with E-state index in [2.05, 4.69) is 0 Å². The van der Waals surface area contributed by atoms with E-state index in [0.29, 0.717) is 19.0 Å². The molecular formula is C17H24O5. The molecule has 2 atom stereocenters. The third-order valence-corrected chi connectivity index (χ3v) is 4.12. The first-order chi connectivity index (χ1) is 10.8. The van der Waals surface area contributed by atoms with Crippen LogP contribution in [0.2, 0.25) is 0 Å². The minimum Gasteiger partial charge on any atom is -0.491 e. The second-order valence-corrected chi connectivity index (χ2v) is 5.82. The average Bonchev–Trinajstić information content (AvgIpc) is 3.24. The van der Waals surface area contributed by atoms with E-state index in [1.807, 2.05) is 18.2 Å². The summed E-state index contributed by atoms with van der Waals surface area (Å²) < 4.78 is 22.7. The molecule has 2 aliphatic heterocycles. The number of aliphatic hydroxyl groups excluding tert-OH is 1. The van der Waals surface area contributed by atoms with E-state index in [1.165, 1.54) is 0 Å². The van der Waals surface area contributed by atoms with Crippen molar-refractivity contribution in [3.63, 3.8) is 0 Å². The van der Waals surface area contributed by atoms with Crippen molar-refractivity contribution in [1.29, 1.82) is 0 Å². The fraction of sp³-hybridized carbons (Fsp3) is 0.647. The van der Waals surface area contributed by atoms with Crippen LogP contribution in [-0.4, -0.2) is 43.7 Å². The molecule has 1 aromatic rings. The van der Waals surface area contributed by atoms with E-state index in [0.717, 1.165) is 50.2 Å². The molecule has 0 spiro atoms. The highest BCUT2D eigenvalue weighted by Gasteiger charge is 2.18. The SMILES string of the molecule is OCc1ccc(OCC2CCCO2)cc1OCC1CCCO1. The van der Waals surface area contributed by atoms with Gasteiger partial charge in [-0.3, -0.25) is 0 Å². The first-order valence-electron chi connectivity index (χ1n) is 8.08. The lowest BCUT2D eigenvalue weighted by Crippen LogP contribution is -2.17. The van der Waals surface area contributed by atoms with Gasteiger partial charge in [0.25, 0.3) is 0 Å². The number of benzene rings is 1. The van der Waals surface area contributed by atoms with Crippen LogP contribution in [0.4, 0.5) is 0 Å². The zero-order valence-electron chi connectivity index (χ0n) is 12.8. The van der Waals surface area contributed by atoms with Crippen molar-refractivity contribution < 1.29 is 24.1 Å². The fourth-order valence-corrected chi connectivity index (χ4v) is 2.81. The number of aliphatic hydroxyl groups is 1. The molecule has 2 heterocycles. The minimum absolute atomic E-state index is 0.0487. The van der Waals surface area contributed by atoms with Crippen LogP contribution in [0.25, 0.3) is 0 Å². The van der Waals surface area contributed by atoms with Crippen LogP contribution in [0.5, 0.6) is 11.5 Å². The van der Waals surface area contributed by atoms with Crippen molar-refractivity contribution in [3.8, 4) is 11.5 Å². The number of hydrogen-bond acceptors (Lipinski definition) is 5. The molecule has 2 saturated heterocycles. The van der Waals surface area contributed by atoms with Crippen LogP contribution in [-0.2, 0) is 16.1 Å². The van der Waals surface area contributed by atoms with Gasteiger partial charge < -0.3 is 24.1 Å². The van der Waals surface area contributed by atoms with Gasteiger partial charge in [-0.05, 0) is 37.8 Å². The van der Waals surface area contributed by atoms with Crippen molar-refractivity contribution in [3.05, 3.63) is 23.8 Å². The monoisotopic (exact) mass is 308 g/mol. The van der Waals surface area contributed by atoms with Crippen molar-refractivity contribution in [2.75, 3.05) is 26.4 Å². The molecule has 5 nitrogen and oxygen atoms in total. The highest BCUT2D eigenvalue weighted by atomic mass is 16.5. The van der Waals surface area contributed by atoms with E-state index >= 15 is 0 Å². The van der Waals surface area contributed by atoms with Gasteiger partial charge in [0, 0.05) is 24.8 Å². The molecule has 22 heavy (non-hydrogen) atoms. The Morgan fingerprint density at radius 3 is 2.27 bits per heavy atom. The molecule has 0 amide bonds. The van der Waals surface area contributed by atoms with Gasteiger partial charge >= 0.3 is 0 Å². The van der Waals surface area contributed by atoms with Crippen molar-refractivity contribution in [2.45, 2.75) is 44.5 Å². The molecule has 1 aromatic carbocycles. The molecule has 2 unspecified atom stereocenters. The molecule has 3 rings (SSSR count). The van der Waals surface area contributed by atoms with Crippen LogP contribution in [0.15, 0.2) is 18.2 Å². The molecule has 0 saturated carbocycles. The summed E-state index contributed by atoms with van der Waals surface area (Å²) in [5.74, 6) is 1.41. The maximum Gasteiger partial charge on any atom is 0.128 e. The molecule has 0 aromatic heterocycles. The summed E-state index contributed by atoms with van der Waals surface area (Å²) >= 11 is 0. The van der Waals surface area contributed by atoms with Gasteiger partial charge in [-0.25, -0.2) is 0 Å². The normalized spacial score (nSPS) is 24.6. The third-order valence-electron chi connectivity index (χ3n) is 4.12. The fourth-order valence-electron chi connectivity index (χ4n) is 2.81. The Labute approximate surface area is 131 Å². The maximum absolute atomic E-state index is 9.43. The van der Waals surface area contributed by atoms with Gasteiger partial charge in [0.05, 0.1) is 18.8 Å². The molecule has 2 fully saturated rings. The second-order valence-electron chi connectivity index (χ2n) is 5.82. The molecule has 0 radical (unpaired) electrons. The van der Waals surface area contributed by atoms with Gasteiger partial charge in [0.1, 0.15) is 24.7 Å². The van der Waals surface area contributed by atoms with E-state index in [4.69, 9.17) is 18.9 Å². The molecule has 5 heteroatoms. The Kier molecular flexibility index (Phi) is 5.53. The summed E-state index contributed by atoms with van der Waals surface area (Å²) in [6.45, 7) is 2.66. The summed E-state index contributed by atoms with van der Waals surface area (Å²) in [4.78, 5) is 0. The summed E-state index contributed by atoms with van der Waals surface area (Å²) in [7, 11) is 0. The highest BCUT2D eigenvalue weighted by Crippen LogP contribution is 2.27. The Morgan fingerprint density at radius 1 is 1.00 bits per heavy atom. The topological polar surface area (TPSA) is 57.2 Å². The Hall–Kier alpha value is -1.30. The number of hydrogen-bond donors (Lipinski definition) is 1. The molecule has 0 bridgehead atoms. The largest absolute Gasteiger partial charge is 0.491 e. The van der Waals surface area contributed by atoms with Crippen molar-refractivity contribution in [1.82, 2.24) is 0 Å². The number of ether oxygens (including phenoxy) is 4. The number of rotatable bonds is 7. The lowest BCUT2D eigenvalue weighted by atomic mass is 10.2. The quantitative estimate of drug-likeness (QED) is 0.837. The molecule has 0 aliphatic carbocycles. The highest BCUT2D eigenvalue weighted by molar-refractivity contribution is 5.40. The summed E-state index contributed by atoms with van der Waals surface area (Å²) in [6, 6.07) is 5.55. The van der Waals surface area contributed by atoms with E-state index in [1.54, 1.807) is 0 Å². The van der Waals surface area contributed by atoms with E-state index in [-0.39, 0.29) is 18.8 Å².